The Bertz CT molecular complexity index is 1370. The zero-order valence-electron chi connectivity index (χ0n) is 18.5. The predicted molar refractivity (Wildman–Crippen MR) is 132 cm³/mol. The fourth-order valence-electron chi connectivity index (χ4n) is 4.01. The second-order valence-electron chi connectivity index (χ2n) is 8.20. The highest BCUT2D eigenvalue weighted by molar-refractivity contribution is 7.11. The molecule has 1 saturated heterocycles. The number of aromatic nitrogens is 3. The number of carbonyl (C=O) groups is 1. The third-order valence-corrected chi connectivity index (χ3v) is 6.74. The third kappa shape index (κ3) is 4.24. The van der Waals surface area contributed by atoms with Gasteiger partial charge in [0.05, 0.1) is 16.6 Å². The number of aryl methyl sites for hydroxylation is 1. The van der Waals surface area contributed by atoms with Gasteiger partial charge in [0, 0.05) is 49.1 Å². The monoisotopic (exact) mass is 460 g/mol. The first-order chi connectivity index (χ1) is 16.0. The van der Waals surface area contributed by atoms with Gasteiger partial charge in [-0.05, 0) is 49.9 Å². The van der Waals surface area contributed by atoms with Gasteiger partial charge in [0.25, 0.3) is 11.5 Å². The molecule has 0 atom stereocenters. The van der Waals surface area contributed by atoms with Crippen LogP contribution in [0.5, 0.6) is 0 Å². The van der Waals surface area contributed by atoms with E-state index in [1.165, 1.54) is 11.3 Å². The Morgan fingerprint density at radius 2 is 1.88 bits per heavy atom. The van der Waals surface area contributed by atoms with Crippen molar-refractivity contribution in [3.8, 4) is 5.69 Å². The van der Waals surface area contributed by atoms with E-state index >= 15 is 0 Å². The normalized spacial score (nSPS) is 14.5. The van der Waals surface area contributed by atoms with Crippen molar-refractivity contribution in [3.05, 3.63) is 75.2 Å². The lowest BCUT2D eigenvalue weighted by atomic mass is 10.1. The molecule has 1 N–H and O–H groups in total. The number of carbonyl (C=O) groups excluding carboxylic acids is 1. The minimum Gasteiger partial charge on any atom is -0.369 e. The largest absolute Gasteiger partial charge is 0.369 e. The minimum atomic E-state index is -0.277. The van der Waals surface area contributed by atoms with Crippen molar-refractivity contribution in [1.82, 2.24) is 19.4 Å². The number of thiazole rings is 1. The first-order valence-corrected chi connectivity index (χ1v) is 11.6. The Labute approximate surface area is 195 Å². The molecule has 2 aromatic carbocycles. The minimum absolute atomic E-state index is 0.137. The highest BCUT2D eigenvalue weighted by Crippen LogP contribution is 2.23. The molecule has 0 radical (unpaired) electrons. The molecule has 4 aromatic rings. The zero-order valence-corrected chi connectivity index (χ0v) is 19.3. The molecule has 0 unspecified atom stereocenters. The first kappa shape index (κ1) is 21.3. The van der Waals surface area contributed by atoms with E-state index in [2.05, 4.69) is 32.1 Å². The molecule has 0 saturated carbocycles. The maximum Gasteiger partial charge on any atom is 0.284 e. The molecule has 5 rings (SSSR count). The number of piperazine rings is 1. The number of hydrogen-bond acceptors (Lipinski definition) is 7. The van der Waals surface area contributed by atoms with Gasteiger partial charge < -0.3 is 15.1 Å². The van der Waals surface area contributed by atoms with Crippen LogP contribution in [0.2, 0.25) is 0 Å². The van der Waals surface area contributed by atoms with Crippen LogP contribution >= 0.6 is 11.3 Å². The summed E-state index contributed by atoms with van der Waals surface area (Å²) in [7, 11) is 2.12. The molecule has 0 bridgehead atoms. The van der Waals surface area contributed by atoms with E-state index < -0.39 is 0 Å². The lowest BCUT2D eigenvalue weighted by Crippen LogP contribution is -2.44. The molecule has 1 aliphatic rings. The van der Waals surface area contributed by atoms with Gasteiger partial charge >= 0.3 is 0 Å². The average molecular weight is 461 g/mol. The highest BCUT2D eigenvalue weighted by atomic mass is 32.1. The number of nitrogens with one attached hydrogen (secondary N) is 1. The summed E-state index contributed by atoms with van der Waals surface area (Å²) in [6.45, 7) is 5.77. The van der Waals surface area contributed by atoms with Gasteiger partial charge in [-0.3, -0.25) is 14.2 Å². The van der Waals surface area contributed by atoms with E-state index in [-0.39, 0.29) is 11.5 Å². The van der Waals surface area contributed by atoms with Crippen molar-refractivity contribution in [2.45, 2.75) is 6.92 Å². The molecular weight excluding hydrogens is 436 g/mol. The Morgan fingerprint density at radius 3 is 2.64 bits per heavy atom. The molecule has 1 aliphatic heterocycles. The van der Waals surface area contributed by atoms with Crippen molar-refractivity contribution in [2.75, 3.05) is 43.4 Å². The molecule has 8 nitrogen and oxygen atoms in total. The molecule has 0 aliphatic carbocycles. The smallest absolute Gasteiger partial charge is 0.284 e. The van der Waals surface area contributed by atoms with Crippen molar-refractivity contribution in [3.63, 3.8) is 0 Å². The highest BCUT2D eigenvalue weighted by Gasteiger charge is 2.16. The topological polar surface area (TPSA) is 83.4 Å². The van der Waals surface area contributed by atoms with E-state index in [1.807, 2.05) is 37.3 Å². The number of anilines is 2. The quantitative estimate of drug-likeness (QED) is 0.504. The summed E-state index contributed by atoms with van der Waals surface area (Å²) in [4.78, 5) is 39.1. The van der Waals surface area contributed by atoms with Gasteiger partial charge in [-0.15, -0.1) is 11.3 Å². The summed E-state index contributed by atoms with van der Waals surface area (Å²) in [5, 5.41) is 5.57. The Kier molecular flexibility index (Phi) is 5.65. The van der Waals surface area contributed by atoms with Crippen LogP contribution in [0.1, 0.15) is 15.4 Å². The summed E-state index contributed by atoms with van der Waals surface area (Å²) in [6.07, 6.45) is 3.14. The maximum atomic E-state index is 13.5. The molecule has 168 valence electrons. The van der Waals surface area contributed by atoms with Crippen molar-refractivity contribution in [1.29, 1.82) is 0 Å². The summed E-state index contributed by atoms with van der Waals surface area (Å²) in [5.74, 6) is -0.277. The molecule has 0 spiro atoms. The van der Waals surface area contributed by atoms with Gasteiger partial charge in [0.1, 0.15) is 6.33 Å². The van der Waals surface area contributed by atoms with E-state index in [0.717, 1.165) is 37.4 Å². The van der Waals surface area contributed by atoms with Crippen LogP contribution in [0.3, 0.4) is 0 Å². The lowest BCUT2D eigenvalue weighted by Gasteiger charge is -2.34. The van der Waals surface area contributed by atoms with Crippen molar-refractivity contribution < 1.29 is 4.79 Å². The second kappa shape index (κ2) is 8.76. The summed E-state index contributed by atoms with van der Waals surface area (Å²) in [6, 6.07) is 11.4. The first-order valence-electron chi connectivity index (χ1n) is 10.8. The number of amides is 1. The van der Waals surface area contributed by atoms with Crippen LogP contribution in [0.25, 0.3) is 16.6 Å². The fraction of sp³-hybridized carbons (Fsp3) is 0.250. The fourth-order valence-corrected chi connectivity index (χ4v) is 4.54. The lowest BCUT2D eigenvalue weighted by molar-refractivity contribution is 0.102. The van der Waals surface area contributed by atoms with Crippen LogP contribution in [-0.4, -0.2) is 58.6 Å². The number of benzene rings is 2. The van der Waals surface area contributed by atoms with Gasteiger partial charge in [0.15, 0.2) is 5.01 Å². The van der Waals surface area contributed by atoms with E-state index in [4.69, 9.17) is 0 Å². The van der Waals surface area contributed by atoms with Gasteiger partial charge in [-0.25, -0.2) is 9.97 Å². The van der Waals surface area contributed by atoms with E-state index in [9.17, 15) is 9.59 Å². The number of nitrogens with zero attached hydrogens (tertiary/aromatic N) is 5. The number of fused-ring (bicyclic) bond motifs is 1. The molecule has 1 amide bonds. The van der Waals surface area contributed by atoms with Crippen LogP contribution in [0, 0.1) is 6.92 Å². The molecule has 33 heavy (non-hydrogen) atoms. The van der Waals surface area contributed by atoms with Crippen LogP contribution in [0.4, 0.5) is 11.4 Å². The maximum absolute atomic E-state index is 13.5. The van der Waals surface area contributed by atoms with Crippen LogP contribution < -0.4 is 15.8 Å². The number of hydrogen-bond donors (Lipinski definition) is 1. The van der Waals surface area contributed by atoms with E-state index in [0.29, 0.717) is 27.3 Å². The van der Waals surface area contributed by atoms with Gasteiger partial charge in [-0.1, -0.05) is 6.07 Å². The van der Waals surface area contributed by atoms with Crippen LogP contribution in [-0.2, 0) is 0 Å². The van der Waals surface area contributed by atoms with E-state index in [1.54, 1.807) is 28.5 Å². The third-order valence-electron chi connectivity index (χ3n) is 5.96. The molecular formula is C24H24N6O2S. The Morgan fingerprint density at radius 1 is 1.06 bits per heavy atom. The Hall–Kier alpha value is -3.56. The molecule has 9 heteroatoms. The standard InChI is InChI=1S/C24H24N6O2S/c1-16-3-4-17(27-22(31)23-25-7-12-33-23)13-21(16)30-15-26-20-6-5-18(14-19(20)24(30)32)29-10-8-28(2)9-11-29/h3-7,12-15H,8-11H2,1-2H3,(H,27,31). The number of rotatable bonds is 4. The molecule has 3 heterocycles. The summed E-state index contributed by atoms with van der Waals surface area (Å²) >= 11 is 1.28. The van der Waals surface area contributed by atoms with Crippen molar-refractivity contribution >= 4 is 39.5 Å². The molecule has 1 fully saturated rings. The summed E-state index contributed by atoms with van der Waals surface area (Å²) < 4.78 is 1.55. The van der Waals surface area contributed by atoms with Crippen molar-refractivity contribution in [2.24, 2.45) is 0 Å². The predicted octanol–water partition coefficient (Wildman–Crippen LogP) is 3.15. The molecule has 2 aromatic heterocycles. The van der Waals surface area contributed by atoms with Crippen LogP contribution in [0.15, 0.2) is 59.1 Å². The van der Waals surface area contributed by atoms with Gasteiger partial charge in [0.2, 0.25) is 0 Å². The summed E-state index contributed by atoms with van der Waals surface area (Å²) in [5.41, 5.74) is 3.74. The number of likely N-dealkylation sites (N-methyl/N-ethyl adjacent to an activating group) is 1. The Balaban J connectivity index is 1.51. The second-order valence-corrected chi connectivity index (χ2v) is 9.10. The zero-order chi connectivity index (χ0) is 22.9. The SMILES string of the molecule is Cc1ccc(NC(=O)c2nccs2)cc1-n1cnc2ccc(N3CCN(C)CC3)cc2c1=O. The van der Waals surface area contributed by atoms with Gasteiger partial charge in [-0.2, -0.15) is 0 Å². The average Bonchev–Trinajstić information content (AvgIpc) is 3.37.